The molecule has 0 aliphatic carbocycles. The third-order valence-corrected chi connectivity index (χ3v) is 6.42. The number of nitrogens with one attached hydrogen (secondary N) is 2. The third-order valence-electron chi connectivity index (χ3n) is 5.26. The van der Waals surface area contributed by atoms with E-state index < -0.39 is 23.7 Å². The van der Waals surface area contributed by atoms with Crippen LogP contribution in [0.5, 0.6) is 0 Å². The molecule has 2 N–H and O–H groups in total. The minimum absolute atomic E-state index is 0.0609. The van der Waals surface area contributed by atoms with Crippen LogP contribution in [0.4, 0.5) is 18.0 Å². The topological polar surface area (TPSA) is 116 Å². The normalized spacial score (nSPS) is 24.0. The highest BCUT2D eigenvalue weighted by Crippen LogP contribution is 2.31. The molecule has 10 nitrogen and oxygen atoms in total. The number of hydrogen-bond donors (Lipinski definition) is 2. The number of quaternary nitrogens is 1. The molecule has 0 bridgehead atoms. The van der Waals surface area contributed by atoms with Crippen LogP contribution in [0.3, 0.4) is 0 Å². The smallest absolute Gasteiger partial charge is 0.491 e. The number of ether oxygens (including phenoxy) is 1. The molecular weight excluding hydrogens is 441 g/mol. The van der Waals surface area contributed by atoms with Gasteiger partial charge >= 0.3 is 18.2 Å². The summed E-state index contributed by atoms with van der Waals surface area (Å²) in [6.07, 6.45) is -4.09. The third kappa shape index (κ3) is 6.84. The second kappa shape index (κ2) is 11.2. The number of halogens is 3. The minimum Gasteiger partial charge on any atom is -0.613 e. The van der Waals surface area contributed by atoms with E-state index in [0.717, 1.165) is 11.8 Å². The van der Waals surface area contributed by atoms with Gasteiger partial charge in [-0.15, -0.1) is 0 Å². The number of hydrogen-bond acceptors (Lipinski definition) is 8. The molecule has 2 heterocycles. The van der Waals surface area contributed by atoms with Gasteiger partial charge in [0.2, 0.25) is 5.56 Å². The summed E-state index contributed by atoms with van der Waals surface area (Å²) in [5.41, 5.74) is 1.49. The first kappa shape index (κ1) is 25.5. The molecule has 0 spiro atoms. The van der Waals surface area contributed by atoms with Crippen molar-refractivity contribution in [3.05, 3.63) is 5.21 Å². The van der Waals surface area contributed by atoms with E-state index in [2.05, 4.69) is 10.2 Å². The average Bonchev–Trinajstić information content (AvgIpc) is 3.13. The van der Waals surface area contributed by atoms with Crippen LogP contribution in [0.25, 0.3) is 0 Å². The van der Waals surface area contributed by atoms with Crippen LogP contribution in [0, 0.1) is 16.5 Å². The number of urea groups is 1. The number of piperidine rings is 1. The molecule has 0 aromatic rings. The van der Waals surface area contributed by atoms with Gasteiger partial charge in [-0.25, -0.2) is 14.5 Å². The molecule has 3 atom stereocenters. The number of likely N-dealkylation sites (tertiary alicyclic amines) is 1. The second-order valence-corrected chi connectivity index (χ2v) is 8.35. The van der Waals surface area contributed by atoms with Crippen molar-refractivity contribution >= 4 is 23.8 Å². The van der Waals surface area contributed by atoms with E-state index in [1.807, 2.05) is 13.0 Å². The Bertz CT molecular complexity index is 671. The van der Waals surface area contributed by atoms with Gasteiger partial charge in [0.25, 0.3) is 0 Å². The van der Waals surface area contributed by atoms with Crippen LogP contribution in [-0.2, 0) is 9.53 Å². The van der Waals surface area contributed by atoms with E-state index >= 15 is 0 Å². The molecule has 2 fully saturated rings. The van der Waals surface area contributed by atoms with Gasteiger partial charge < -0.3 is 19.7 Å². The Hall–Kier alpha value is -1.79. The molecule has 2 aliphatic heterocycles. The van der Waals surface area contributed by atoms with Crippen molar-refractivity contribution in [3.63, 3.8) is 0 Å². The largest absolute Gasteiger partial charge is 0.613 e. The van der Waals surface area contributed by atoms with E-state index in [-0.39, 0.29) is 36.1 Å². The van der Waals surface area contributed by atoms with Crippen LogP contribution in [0.1, 0.15) is 19.8 Å². The predicted molar refractivity (Wildman–Crippen MR) is 105 cm³/mol. The highest BCUT2D eigenvalue weighted by molar-refractivity contribution is 8.00. The van der Waals surface area contributed by atoms with Gasteiger partial charge in [0.1, 0.15) is 12.1 Å². The zero-order valence-electron chi connectivity index (χ0n) is 17.4. The lowest BCUT2D eigenvalue weighted by molar-refractivity contribution is -0.923. The van der Waals surface area contributed by atoms with Crippen LogP contribution in [-0.4, -0.2) is 96.0 Å². The Kier molecular flexibility index (Phi) is 9.19. The molecule has 3 unspecified atom stereocenters. The number of nitriles is 1. The second-order valence-electron chi connectivity index (χ2n) is 7.28. The Labute approximate surface area is 182 Å². The van der Waals surface area contributed by atoms with Gasteiger partial charge in [0.15, 0.2) is 0 Å². The summed E-state index contributed by atoms with van der Waals surface area (Å²) in [6.45, 7) is 3.56. The Balaban J connectivity index is 1.80. The molecule has 2 aliphatic rings. The number of amides is 2. The van der Waals surface area contributed by atoms with Crippen LogP contribution < -0.4 is 10.6 Å². The van der Waals surface area contributed by atoms with Gasteiger partial charge in [-0.05, 0) is 6.92 Å². The first-order chi connectivity index (χ1) is 14.6. The Morgan fingerprint density at radius 1 is 1.39 bits per heavy atom. The molecule has 0 radical (unpaired) electrons. The Morgan fingerprint density at radius 3 is 2.58 bits per heavy atom. The number of carbonyl (C=O) groups is 2. The van der Waals surface area contributed by atoms with Gasteiger partial charge in [-0.3, -0.25) is 5.17 Å². The maximum atomic E-state index is 12.5. The highest BCUT2D eigenvalue weighted by Gasteiger charge is 2.45. The predicted octanol–water partition coefficient (Wildman–Crippen LogP) is -0.260. The number of thioether (sulfide) groups is 1. The molecule has 14 heteroatoms. The molecule has 31 heavy (non-hydrogen) atoms. The standard InChI is InChI=1S/C17H27F3N6O4S/c1-3-23(2)15(28)24-7-4-12(5-8-24)26(29)22-6-9-25-13(10-21)11-31-16(25)30-14(27)17(18,19)20/h12-13,16,22,26H,3-9,11H2,1-2H3. The molecule has 0 aromatic carbocycles. The molecule has 2 saturated heterocycles. The first-order valence-corrected chi connectivity index (χ1v) is 11.0. The maximum absolute atomic E-state index is 12.5. The summed E-state index contributed by atoms with van der Waals surface area (Å²) in [5.74, 6) is -2.12. The number of rotatable bonds is 7. The fourth-order valence-corrected chi connectivity index (χ4v) is 4.52. The van der Waals surface area contributed by atoms with E-state index in [0.29, 0.717) is 32.5 Å². The van der Waals surface area contributed by atoms with Crippen LogP contribution >= 0.6 is 11.8 Å². The van der Waals surface area contributed by atoms with Gasteiger partial charge in [-0.1, -0.05) is 11.8 Å². The molecule has 2 amide bonds. The number of carbonyl (C=O) groups excluding carboxylic acids is 2. The molecule has 176 valence electrons. The van der Waals surface area contributed by atoms with Gasteiger partial charge in [-0.2, -0.15) is 23.9 Å². The van der Waals surface area contributed by atoms with Gasteiger partial charge in [0.05, 0.1) is 12.6 Å². The van der Waals surface area contributed by atoms with Crippen molar-refractivity contribution in [2.45, 2.75) is 43.6 Å². The Morgan fingerprint density at radius 2 is 2.03 bits per heavy atom. The number of esters is 1. The minimum atomic E-state index is -5.12. The number of nitrogens with zero attached hydrogens (tertiary/aromatic N) is 4. The van der Waals surface area contributed by atoms with E-state index in [9.17, 15) is 33.2 Å². The van der Waals surface area contributed by atoms with Crippen molar-refractivity contribution in [1.82, 2.24) is 20.1 Å². The molecular formula is C17H27F3N6O4S. The van der Waals surface area contributed by atoms with Crippen molar-refractivity contribution < 1.29 is 32.7 Å². The summed E-state index contributed by atoms with van der Waals surface area (Å²) in [6, 6.07) is 0.898. The number of alkyl halides is 3. The summed E-state index contributed by atoms with van der Waals surface area (Å²) < 4.78 is 41.9. The summed E-state index contributed by atoms with van der Waals surface area (Å²) in [5, 5.41) is 21.4. The fourth-order valence-electron chi connectivity index (χ4n) is 3.31. The zero-order chi connectivity index (χ0) is 23.2. The molecule has 0 aromatic heterocycles. The number of hydroxylamine groups is 1. The van der Waals surface area contributed by atoms with Crippen molar-refractivity contribution in [1.29, 1.82) is 5.26 Å². The lowest BCUT2D eigenvalue weighted by Gasteiger charge is -2.38. The monoisotopic (exact) mass is 468 g/mol. The first-order valence-electron chi connectivity index (χ1n) is 9.91. The van der Waals surface area contributed by atoms with Crippen molar-refractivity contribution in [2.75, 3.05) is 45.5 Å². The lowest BCUT2D eigenvalue weighted by atomic mass is 10.1. The van der Waals surface area contributed by atoms with E-state index in [1.54, 1.807) is 16.8 Å². The van der Waals surface area contributed by atoms with Crippen LogP contribution in [0.15, 0.2) is 0 Å². The van der Waals surface area contributed by atoms with Crippen molar-refractivity contribution in [2.24, 2.45) is 0 Å². The van der Waals surface area contributed by atoms with E-state index in [4.69, 9.17) is 0 Å². The summed E-state index contributed by atoms with van der Waals surface area (Å²) in [7, 11) is 1.71. The quantitative estimate of drug-likeness (QED) is 0.388. The average molecular weight is 469 g/mol. The molecule has 0 saturated carbocycles. The van der Waals surface area contributed by atoms with Crippen molar-refractivity contribution in [3.8, 4) is 6.07 Å². The van der Waals surface area contributed by atoms with Gasteiger partial charge in [0, 0.05) is 51.8 Å². The SMILES string of the molecule is CCN(C)C(=O)N1CCC([NH+]([O-])NCCN2C(C#N)CSC2OC(=O)C(F)(F)F)CC1. The summed E-state index contributed by atoms with van der Waals surface area (Å²) in [4.78, 5) is 27.9. The summed E-state index contributed by atoms with van der Waals surface area (Å²) >= 11 is 0.928. The van der Waals surface area contributed by atoms with Crippen LogP contribution in [0.2, 0.25) is 0 Å². The molecule has 2 rings (SSSR count). The highest BCUT2D eigenvalue weighted by atomic mass is 32.2. The fraction of sp³-hybridized carbons (Fsp3) is 0.824. The lowest BCUT2D eigenvalue weighted by Crippen LogP contribution is -3.18. The van der Waals surface area contributed by atoms with E-state index in [1.165, 1.54) is 4.90 Å². The maximum Gasteiger partial charge on any atom is 0.491 e. The zero-order valence-corrected chi connectivity index (χ0v) is 18.2.